The summed E-state index contributed by atoms with van der Waals surface area (Å²) in [4.78, 5) is 9.90. The Balaban J connectivity index is 3.17. The molecule has 0 bridgehead atoms. The molecule has 7 heteroatoms. The molecule has 15 heavy (non-hydrogen) atoms. The van der Waals surface area contributed by atoms with Crippen molar-refractivity contribution in [2.45, 2.75) is 13.5 Å². The molecule has 0 heterocycles. The van der Waals surface area contributed by atoms with Crippen molar-refractivity contribution in [3.63, 3.8) is 0 Å². The predicted octanol–water partition coefficient (Wildman–Crippen LogP) is 3.27. The Labute approximate surface area is 92.1 Å². The van der Waals surface area contributed by atoms with Crippen LogP contribution < -0.4 is 4.74 Å². The molecule has 1 aromatic rings. The van der Waals surface area contributed by atoms with Gasteiger partial charge >= 0.3 is 6.61 Å². The minimum atomic E-state index is -3.00. The van der Waals surface area contributed by atoms with Gasteiger partial charge in [0, 0.05) is 10.0 Å². The van der Waals surface area contributed by atoms with Crippen LogP contribution in [0.4, 0.5) is 14.5 Å². The van der Waals surface area contributed by atoms with E-state index in [1.165, 1.54) is 13.0 Å². The van der Waals surface area contributed by atoms with Crippen molar-refractivity contribution in [3.05, 3.63) is 32.3 Å². The number of nitro benzene ring substituents is 1. The number of hydrogen-bond acceptors (Lipinski definition) is 3. The molecule has 4 nitrogen and oxygen atoms in total. The van der Waals surface area contributed by atoms with E-state index in [4.69, 9.17) is 0 Å². The predicted molar refractivity (Wildman–Crippen MR) is 52.2 cm³/mol. The van der Waals surface area contributed by atoms with Gasteiger partial charge in [-0.25, -0.2) is 0 Å². The number of alkyl halides is 2. The van der Waals surface area contributed by atoms with Crippen molar-refractivity contribution in [2.75, 3.05) is 0 Å². The summed E-state index contributed by atoms with van der Waals surface area (Å²) < 4.78 is 28.2. The summed E-state index contributed by atoms with van der Waals surface area (Å²) >= 11 is 3.03. The van der Waals surface area contributed by atoms with Gasteiger partial charge in [-0.15, -0.1) is 0 Å². The van der Waals surface area contributed by atoms with E-state index in [1.807, 2.05) is 0 Å². The van der Waals surface area contributed by atoms with Crippen molar-refractivity contribution < 1.29 is 18.4 Å². The third kappa shape index (κ3) is 2.85. The lowest BCUT2D eigenvalue weighted by Crippen LogP contribution is -2.03. The molecule has 0 unspecified atom stereocenters. The summed E-state index contributed by atoms with van der Waals surface area (Å²) in [7, 11) is 0. The zero-order chi connectivity index (χ0) is 11.6. The third-order valence-corrected chi connectivity index (χ3v) is 2.54. The Morgan fingerprint density at radius 1 is 1.53 bits per heavy atom. The molecule has 0 spiro atoms. The molecule has 0 saturated heterocycles. The fourth-order valence-electron chi connectivity index (χ4n) is 1.00. The van der Waals surface area contributed by atoms with E-state index in [2.05, 4.69) is 20.7 Å². The lowest BCUT2D eigenvalue weighted by Gasteiger charge is -2.06. The SMILES string of the molecule is Cc1c(Br)cc(OC(F)F)cc1[N+](=O)[O-]. The molecular weight excluding hydrogens is 276 g/mol. The van der Waals surface area contributed by atoms with E-state index < -0.39 is 11.5 Å². The van der Waals surface area contributed by atoms with Crippen molar-refractivity contribution >= 4 is 21.6 Å². The van der Waals surface area contributed by atoms with Gasteiger partial charge in [0.15, 0.2) is 0 Å². The second kappa shape index (κ2) is 4.52. The van der Waals surface area contributed by atoms with Crippen LogP contribution in [0.15, 0.2) is 16.6 Å². The van der Waals surface area contributed by atoms with Crippen LogP contribution in [-0.2, 0) is 0 Å². The summed E-state index contributed by atoms with van der Waals surface area (Å²) in [6, 6.07) is 2.22. The molecule has 0 N–H and O–H groups in total. The first-order chi connectivity index (χ1) is 6.91. The number of nitrogens with zero attached hydrogens (tertiary/aromatic N) is 1. The van der Waals surface area contributed by atoms with Gasteiger partial charge in [0.2, 0.25) is 0 Å². The summed E-state index contributed by atoms with van der Waals surface area (Å²) in [5.74, 6) is -0.242. The Bertz CT molecular complexity index is 398. The molecule has 0 aliphatic heterocycles. The topological polar surface area (TPSA) is 52.4 Å². The van der Waals surface area contributed by atoms with Crippen LogP contribution in [-0.4, -0.2) is 11.5 Å². The largest absolute Gasteiger partial charge is 0.435 e. The first-order valence-corrected chi connectivity index (χ1v) is 4.60. The van der Waals surface area contributed by atoms with Crippen LogP contribution in [0, 0.1) is 17.0 Å². The first kappa shape index (κ1) is 11.8. The highest BCUT2D eigenvalue weighted by molar-refractivity contribution is 9.10. The molecule has 0 amide bonds. The quantitative estimate of drug-likeness (QED) is 0.631. The van der Waals surface area contributed by atoms with Crippen molar-refractivity contribution in [2.24, 2.45) is 0 Å². The van der Waals surface area contributed by atoms with E-state index in [1.54, 1.807) is 0 Å². The normalized spacial score (nSPS) is 10.5. The Morgan fingerprint density at radius 2 is 2.13 bits per heavy atom. The zero-order valence-electron chi connectivity index (χ0n) is 7.54. The number of benzene rings is 1. The molecule has 0 aromatic heterocycles. The van der Waals surface area contributed by atoms with Crippen LogP contribution in [0.3, 0.4) is 0 Å². The van der Waals surface area contributed by atoms with Gasteiger partial charge in [-0.05, 0) is 13.0 Å². The summed E-state index contributed by atoms with van der Waals surface area (Å²) in [6.45, 7) is -1.49. The van der Waals surface area contributed by atoms with Crippen molar-refractivity contribution in [3.8, 4) is 5.75 Å². The Morgan fingerprint density at radius 3 is 2.60 bits per heavy atom. The Kier molecular flexibility index (Phi) is 3.57. The second-order valence-corrected chi connectivity index (χ2v) is 3.54. The smallest absolute Gasteiger partial charge is 0.387 e. The monoisotopic (exact) mass is 281 g/mol. The molecule has 0 fully saturated rings. The second-order valence-electron chi connectivity index (χ2n) is 2.68. The average Bonchev–Trinajstić information content (AvgIpc) is 2.09. The maximum Gasteiger partial charge on any atom is 0.387 e. The summed E-state index contributed by atoms with van der Waals surface area (Å²) in [6.07, 6.45) is 0. The molecule has 0 saturated carbocycles. The minimum Gasteiger partial charge on any atom is -0.435 e. The molecular formula is C8H6BrF2NO3. The molecule has 0 atom stereocenters. The maximum atomic E-state index is 11.9. The number of hydrogen-bond donors (Lipinski definition) is 0. The minimum absolute atomic E-state index is 0.242. The van der Waals surface area contributed by atoms with Gasteiger partial charge in [-0.1, -0.05) is 15.9 Å². The van der Waals surface area contributed by atoms with Crippen molar-refractivity contribution in [1.29, 1.82) is 0 Å². The van der Waals surface area contributed by atoms with Crippen LogP contribution >= 0.6 is 15.9 Å². The average molecular weight is 282 g/mol. The lowest BCUT2D eigenvalue weighted by molar-refractivity contribution is -0.385. The maximum absolute atomic E-state index is 11.9. The molecule has 82 valence electrons. The zero-order valence-corrected chi connectivity index (χ0v) is 9.12. The highest BCUT2D eigenvalue weighted by atomic mass is 79.9. The fourth-order valence-corrected chi connectivity index (χ4v) is 1.43. The van der Waals surface area contributed by atoms with Gasteiger partial charge in [0.05, 0.1) is 11.0 Å². The fraction of sp³-hybridized carbons (Fsp3) is 0.250. The molecule has 0 radical (unpaired) electrons. The van der Waals surface area contributed by atoms with Crippen LogP contribution in [0.5, 0.6) is 5.75 Å². The highest BCUT2D eigenvalue weighted by Crippen LogP contribution is 2.31. The standard InChI is InChI=1S/C8H6BrF2NO3/c1-4-6(9)2-5(15-8(10)11)3-7(4)12(13)14/h2-3,8H,1H3. The molecule has 1 aromatic carbocycles. The molecule has 1 rings (SSSR count). The van der Waals surface area contributed by atoms with Gasteiger partial charge in [-0.3, -0.25) is 10.1 Å². The van der Waals surface area contributed by atoms with E-state index in [-0.39, 0.29) is 11.4 Å². The molecule has 0 aliphatic rings. The van der Waals surface area contributed by atoms with E-state index in [0.717, 1.165) is 6.07 Å². The van der Waals surface area contributed by atoms with Gasteiger partial charge < -0.3 is 4.74 Å². The number of ether oxygens (including phenoxy) is 1. The van der Waals surface area contributed by atoms with E-state index >= 15 is 0 Å². The number of nitro groups is 1. The van der Waals surface area contributed by atoms with Crippen LogP contribution in [0.25, 0.3) is 0 Å². The van der Waals surface area contributed by atoms with Gasteiger partial charge in [0.1, 0.15) is 5.75 Å². The number of rotatable bonds is 3. The lowest BCUT2D eigenvalue weighted by atomic mass is 10.2. The van der Waals surface area contributed by atoms with E-state index in [0.29, 0.717) is 10.0 Å². The Hall–Kier alpha value is -1.24. The number of halogens is 3. The first-order valence-electron chi connectivity index (χ1n) is 3.81. The highest BCUT2D eigenvalue weighted by Gasteiger charge is 2.17. The summed E-state index contributed by atoms with van der Waals surface area (Å²) in [5.41, 5.74) is 0.0987. The van der Waals surface area contributed by atoms with Crippen LogP contribution in [0.1, 0.15) is 5.56 Å². The van der Waals surface area contributed by atoms with Gasteiger partial charge in [-0.2, -0.15) is 8.78 Å². The van der Waals surface area contributed by atoms with Gasteiger partial charge in [0.25, 0.3) is 5.69 Å². The molecule has 0 aliphatic carbocycles. The van der Waals surface area contributed by atoms with Crippen LogP contribution in [0.2, 0.25) is 0 Å². The third-order valence-electron chi connectivity index (χ3n) is 1.71. The summed E-state index contributed by atoms with van der Waals surface area (Å²) in [5, 5.41) is 10.6. The van der Waals surface area contributed by atoms with E-state index in [9.17, 15) is 18.9 Å². The van der Waals surface area contributed by atoms with Crippen molar-refractivity contribution in [1.82, 2.24) is 0 Å².